The molecule has 3 fully saturated rings. The van der Waals surface area contributed by atoms with Gasteiger partial charge in [-0.05, 0) is 32.4 Å². The fourth-order valence-corrected chi connectivity index (χ4v) is 4.42. The molecule has 6 heteroatoms. The Morgan fingerprint density at radius 1 is 1.45 bits per heavy atom. The molecule has 1 saturated carbocycles. The Labute approximate surface area is 122 Å². The first-order valence-corrected chi connectivity index (χ1v) is 8.27. The Balaban J connectivity index is 1.48. The number of carbonyl (C=O) groups excluding carboxylic acids is 1. The molecule has 2 aliphatic heterocycles. The summed E-state index contributed by atoms with van der Waals surface area (Å²) in [6.45, 7) is 3.13. The van der Waals surface area contributed by atoms with Gasteiger partial charge >= 0.3 is 0 Å². The first kappa shape index (κ1) is 12.7. The van der Waals surface area contributed by atoms with Gasteiger partial charge in [0, 0.05) is 12.5 Å². The standard InChI is InChI=1S/C14H19N3O2S/c18-14(10-7-15-8-20-10)16-11-9-3-6-19-13(9)12(11)17-4-1-2-5-17/h7-9,11-13H,1-6H2,(H,16,18)/t9-,11+,12-,13-/m0/s1. The van der Waals surface area contributed by atoms with Crippen molar-refractivity contribution < 1.29 is 9.53 Å². The molecule has 3 heterocycles. The van der Waals surface area contributed by atoms with Gasteiger partial charge in [0.15, 0.2) is 0 Å². The van der Waals surface area contributed by atoms with E-state index >= 15 is 0 Å². The lowest BCUT2D eigenvalue weighted by Gasteiger charge is -2.51. The Morgan fingerprint density at radius 3 is 3.05 bits per heavy atom. The lowest BCUT2D eigenvalue weighted by Crippen LogP contribution is -2.70. The largest absolute Gasteiger partial charge is 0.376 e. The molecule has 1 N–H and O–H groups in total. The van der Waals surface area contributed by atoms with Crippen LogP contribution in [0.4, 0.5) is 0 Å². The lowest BCUT2D eigenvalue weighted by atomic mass is 9.70. The molecule has 20 heavy (non-hydrogen) atoms. The van der Waals surface area contributed by atoms with E-state index in [2.05, 4.69) is 15.2 Å². The van der Waals surface area contributed by atoms with Gasteiger partial charge in [-0.1, -0.05) is 0 Å². The third-order valence-electron chi connectivity index (χ3n) is 4.87. The van der Waals surface area contributed by atoms with Gasteiger partial charge in [0.25, 0.3) is 5.91 Å². The van der Waals surface area contributed by atoms with Crippen LogP contribution in [0.5, 0.6) is 0 Å². The number of nitrogens with one attached hydrogen (secondary N) is 1. The van der Waals surface area contributed by atoms with Crippen LogP contribution in [0.25, 0.3) is 0 Å². The number of hydrogen-bond donors (Lipinski definition) is 1. The van der Waals surface area contributed by atoms with E-state index in [1.54, 1.807) is 11.7 Å². The maximum absolute atomic E-state index is 12.3. The van der Waals surface area contributed by atoms with Gasteiger partial charge in [-0.2, -0.15) is 0 Å². The normalized spacial score (nSPS) is 36.6. The van der Waals surface area contributed by atoms with E-state index in [9.17, 15) is 4.79 Å². The number of thiazole rings is 1. The third-order valence-corrected chi connectivity index (χ3v) is 5.64. The van der Waals surface area contributed by atoms with E-state index in [-0.39, 0.29) is 11.9 Å². The van der Waals surface area contributed by atoms with E-state index in [1.807, 2.05) is 0 Å². The Morgan fingerprint density at radius 2 is 2.30 bits per heavy atom. The summed E-state index contributed by atoms with van der Waals surface area (Å²) in [5, 5.41) is 3.23. The molecule has 4 atom stereocenters. The molecule has 1 aromatic heterocycles. The molecule has 2 saturated heterocycles. The fourth-order valence-electron chi connectivity index (χ4n) is 3.89. The van der Waals surface area contributed by atoms with Crippen molar-refractivity contribution in [3.05, 3.63) is 16.6 Å². The lowest BCUT2D eigenvalue weighted by molar-refractivity contribution is -0.0747. The minimum Gasteiger partial charge on any atom is -0.376 e. The van der Waals surface area contributed by atoms with Crippen LogP contribution in [0.3, 0.4) is 0 Å². The molecule has 1 aromatic rings. The predicted molar refractivity (Wildman–Crippen MR) is 75.8 cm³/mol. The highest BCUT2D eigenvalue weighted by atomic mass is 32.1. The number of rotatable bonds is 3. The number of nitrogens with zero attached hydrogens (tertiary/aromatic N) is 2. The fraction of sp³-hybridized carbons (Fsp3) is 0.714. The number of amides is 1. The van der Waals surface area contributed by atoms with E-state index < -0.39 is 0 Å². The van der Waals surface area contributed by atoms with E-state index in [0.29, 0.717) is 22.9 Å². The van der Waals surface area contributed by atoms with Crippen LogP contribution in [0.15, 0.2) is 11.7 Å². The molecule has 1 amide bonds. The summed E-state index contributed by atoms with van der Waals surface area (Å²) in [6.07, 6.45) is 5.58. The van der Waals surface area contributed by atoms with Crippen LogP contribution in [-0.4, -0.2) is 53.7 Å². The SMILES string of the molecule is O=C(N[C@@H]1[C@@H]2CCO[C@@H]2[C@H]1N1CCCC1)c1cncs1. The van der Waals surface area contributed by atoms with Crippen LogP contribution in [0.1, 0.15) is 28.9 Å². The van der Waals surface area contributed by atoms with E-state index in [0.717, 1.165) is 26.1 Å². The van der Waals surface area contributed by atoms with Crippen molar-refractivity contribution in [2.24, 2.45) is 5.92 Å². The highest BCUT2D eigenvalue weighted by molar-refractivity contribution is 7.11. The van der Waals surface area contributed by atoms with Crippen molar-refractivity contribution in [3.8, 4) is 0 Å². The second-order valence-corrected chi connectivity index (χ2v) is 6.77. The number of likely N-dealkylation sites (tertiary alicyclic amines) is 1. The number of aromatic nitrogens is 1. The zero-order valence-electron chi connectivity index (χ0n) is 11.3. The van der Waals surface area contributed by atoms with Crippen molar-refractivity contribution in [2.75, 3.05) is 19.7 Å². The number of hydrogen-bond acceptors (Lipinski definition) is 5. The Bertz CT molecular complexity index is 482. The zero-order valence-corrected chi connectivity index (χ0v) is 12.1. The van der Waals surface area contributed by atoms with Crippen molar-refractivity contribution >= 4 is 17.2 Å². The second kappa shape index (κ2) is 5.09. The average molecular weight is 293 g/mol. The van der Waals surface area contributed by atoms with E-state index in [4.69, 9.17) is 4.74 Å². The number of ether oxygens (including phenoxy) is 1. The number of fused-ring (bicyclic) bond motifs is 1. The monoisotopic (exact) mass is 293 g/mol. The Hall–Kier alpha value is -0.980. The molecular weight excluding hydrogens is 274 g/mol. The van der Waals surface area contributed by atoms with Crippen LogP contribution in [0.2, 0.25) is 0 Å². The molecular formula is C14H19N3O2S. The summed E-state index contributed by atoms with van der Waals surface area (Å²) in [5.74, 6) is 0.518. The van der Waals surface area contributed by atoms with Crippen molar-refractivity contribution in [2.45, 2.75) is 37.5 Å². The second-order valence-electron chi connectivity index (χ2n) is 5.89. The predicted octanol–water partition coefficient (Wildman–Crippen LogP) is 1.12. The minimum absolute atomic E-state index is 0.0204. The first-order valence-electron chi connectivity index (χ1n) is 7.39. The van der Waals surface area contributed by atoms with Gasteiger partial charge in [-0.15, -0.1) is 11.3 Å². The van der Waals surface area contributed by atoms with E-state index in [1.165, 1.54) is 24.2 Å². The summed E-state index contributed by atoms with van der Waals surface area (Å²) < 4.78 is 5.88. The average Bonchev–Trinajstić information content (AvgIpc) is 3.18. The molecule has 0 spiro atoms. The first-order chi connectivity index (χ1) is 9.84. The molecule has 0 radical (unpaired) electrons. The van der Waals surface area contributed by atoms with Gasteiger partial charge in [0.2, 0.25) is 0 Å². The summed E-state index contributed by atoms with van der Waals surface area (Å²) in [4.78, 5) is 19.4. The summed E-state index contributed by atoms with van der Waals surface area (Å²) >= 11 is 1.40. The van der Waals surface area contributed by atoms with Gasteiger partial charge < -0.3 is 10.1 Å². The molecule has 0 unspecified atom stereocenters. The molecule has 0 aromatic carbocycles. The summed E-state index contributed by atoms with van der Waals surface area (Å²) in [5.41, 5.74) is 1.70. The maximum atomic E-state index is 12.3. The quantitative estimate of drug-likeness (QED) is 0.907. The van der Waals surface area contributed by atoms with Crippen LogP contribution in [0, 0.1) is 5.92 Å². The highest BCUT2D eigenvalue weighted by Gasteiger charge is 2.56. The third kappa shape index (κ3) is 1.98. The highest BCUT2D eigenvalue weighted by Crippen LogP contribution is 2.42. The smallest absolute Gasteiger partial charge is 0.263 e. The topological polar surface area (TPSA) is 54.5 Å². The van der Waals surface area contributed by atoms with Gasteiger partial charge in [-0.3, -0.25) is 14.7 Å². The molecule has 108 valence electrons. The molecule has 5 nitrogen and oxygen atoms in total. The van der Waals surface area contributed by atoms with Gasteiger partial charge in [-0.25, -0.2) is 0 Å². The molecule has 4 rings (SSSR count). The van der Waals surface area contributed by atoms with Crippen LogP contribution < -0.4 is 5.32 Å². The number of carbonyl (C=O) groups is 1. The van der Waals surface area contributed by atoms with Crippen molar-refractivity contribution in [1.82, 2.24) is 15.2 Å². The van der Waals surface area contributed by atoms with Crippen molar-refractivity contribution in [1.29, 1.82) is 0 Å². The van der Waals surface area contributed by atoms with Crippen LogP contribution >= 0.6 is 11.3 Å². The molecule has 3 aliphatic rings. The van der Waals surface area contributed by atoms with Gasteiger partial charge in [0.1, 0.15) is 4.88 Å². The molecule has 0 bridgehead atoms. The maximum Gasteiger partial charge on any atom is 0.263 e. The summed E-state index contributed by atoms with van der Waals surface area (Å²) in [6, 6.07) is 0.622. The van der Waals surface area contributed by atoms with Crippen LogP contribution in [-0.2, 0) is 4.74 Å². The summed E-state index contributed by atoms with van der Waals surface area (Å²) in [7, 11) is 0. The Kier molecular flexibility index (Phi) is 3.24. The molecule has 1 aliphatic carbocycles. The zero-order chi connectivity index (χ0) is 13.5. The van der Waals surface area contributed by atoms with Gasteiger partial charge in [0.05, 0.1) is 29.9 Å². The van der Waals surface area contributed by atoms with Crippen molar-refractivity contribution in [3.63, 3.8) is 0 Å². The minimum atomic E-state index is 0.0204.